The van der Waals surface area contributed by atoms with Gasteiger partial charge in [0, 0.05) is 18.7 Å². The van der Waals surface area contributed by atoms with E-state index in [9.17, 15) is 5.11 Å². The van der Waals surface area contributed by atoms with Crippen molar-refractivity contribution in [2.75, 3.05) is 33.3 Å². The molecule has 0 heterocycles. The summed E-state index contributed by atoms with van der Waals surface area (Å²) < 4.78 is 7.42. The molecule has 0 radical (unpaired) electrons. The molecule has 0 saturated carbocycles. The third-order valence-corrected chi connectivity index (χ3v) is 3.22. The van der Waals surface area contributed by atoms with Crippen molar-refractivity contribution in [1.82, 2.24) is 5.32 Å². The van der Waals surface area contributed by atoms with Crippen LogP contribution in [0.4, 0.5) is 0 Å². The summed E-state index contributed by atoms with van der Waals surface area (Å²) in [5, 5.41) is 13.0. The number of nitrogens with two attached hydrogens (primary N) is 1. The van der Waals surface area contributed by atoms with Crippen molar-refractivity contribution in [2.24, 2.45) is 5.73 Å². The highest BCUT2D eigenvalue weighted by molar-refractivity contribution is 5.77. The molecule has 1 aromatic carbocycles. The van der Waals surface area contributed by atoms with Crippen LogP contribution in [0.25, 0.3) is 0 Å². The van der Waals surface area contributed by atoms with Gasteiger partial charge in [-0.15, -0.1) is 0 Å². The van der Waals surface area contributed by atoms with Crippen molar-refractivity contribution in [3.63, 3.8) is 0 Å². The Morgan fingerprint density at radius 2 is 2.05 bits per heavy atom. The Hall–Kier alpha value is -1.59. The molecule has 0 saturated heterocycles. The fourth-order valence-electron chi connectivity index (χ4n) is 1.97. The first-order valence-electron chi connectivity index (χ1n) is 7.28. The monoisotopic (exact) mass is 294 g/mol. The minimum Gasteiger partial charge on any atom is -0.504 e. The maximum absolute atomic E-state index is 9.66. The number of nitrogens with one attached hydrogen (secondary N) is 1. The molecule has 0 fully saturated rings. The molecule has 0 aliphatic heterocycles. The minimum atomic E-state index is 0.00944. The number of phenols is 1. The quantitative estimate of drug-likeness (QED) is 0.401. The summed E-state index contributed by atoms with van der Waals surface area (Å²) in [4.78, 5) is 0. The first-order chi connectivity index (χ1) is 9.88. The minimum absolute atomic E-state index is 0.00944. The molecule has 1 aromatic rings. The van der Waals surface area contributed by atoms with Crippen LogP contribution in [-0.2, 0) is 0 Å². The van der Waals surface area contributed by atoms with Gasteiger partial charge in [-0.2, -0.15) is 0 Å². The molecule has 5 heteroatoms. The predicted octanol–water partition coefficient (Wildman–Crippen LogP) is 1.18. The van der Waals surface area contributed by atoms with Crippen LogP contribution in [0.1, 0.15) is 26.3 Å². The SMILES string of the molecule is COc1cc(C=[N+](CCNCCN)C(C)(C)C)ccc1O. The molecule has 0 aromatic heterocycles. The lowest BCUT2D eigenvalue weighted by Gasteiger charge is -2.18. The van der Waals surface area contributed by atoms with Crippen molar-refractivity contribution in [2.45, 2.75) is 26.3 Å². The Bertz CT molecular complexity index is 479. The number of hydrogen-bond donors (Lipinski definition) is 3. The van der Waals surface area contributed by atoms with E-state index in [1.165, 1.54) is 0 Å². The smallest absolute Gasteiger partial charge is 0.171 e. The van der Waals surface area contributed by atoms with Crippen LogP contribution in [0, 0.1) is 0 Å². The van der Waals surface area contributed by atoms with Crippen LogP contribution in [0.15, 0.2) is 18.2 Å². The van der Waals surface area contributed by atoms with Gasteiger partial charge in [0.2, 0.25) is 0 Å². The van der Waals surface area contributed by atoms with Gasteiger partial charge in [-0.1, -0.05) is 0 Å². The van der Waals surface area contributed by atoms with Crippen molar-refractivity contribution in [3.05, 3.63) is 23.8 Å². The second kappa shape index (κ2) is 8.00. The molecule has 118 valence electrons. The first kappa shape index (κ1) is 17.5. The summed E-state index contributed by atoms with van der Waals surface area (Å²) in [6.45, 7) is 9.74. The fraction of sp³-hybridized carbons (Fsp3) is 0.562. The van der Waals surface area contributed by atoms with E-state index < -0.39 is 0 Å². The van der Waals surface area contributed by atoms with Gasteiger partial charge >= 0.3 is 0 Å². The van der Waals surface area contributed by atoms with Crippen LogP contribution in [0.2, 0.25) is 0 Å². The van der Waals surface area contributed by atoms with Crippen LogP contribution < -0.4 is 15.8 Å². The third-order valence-electron chi connectivity index (χ3n) is 3.22. The highest BCUT2D eigenvalue weighted by Gasteiger charge is 2.23. The zero-order valence-corrected chi connectivity index (χ0v) is 13.5. The summed E-state index contributed by atoms with van der Waals surface area (Å²) in [6.07, 6.45) is 2.09. The lowest BCUT2D eigenvalue weighted by molar-refractivity contribution is -0.590. The van der Waals surface area contributed by atoms with Crippen molar-refractivity contribution >= 4 is 6.21 Å². The number of hydrogen-bond acceptors (Lipinski definition) is 4. The van der Waals surface area contributed by atoms with Crippen LogP contribution in [0.3, 0.4) is 0 Å². The Balaban J connectivity index is 2.91. The molecule has 21 heavy (non-hydrogen) atoms. The van der Waals surface area contributed by atoms with E-state index >= 15 is 0 Å². The Morgan fingerprint density at radius 3 is 2.62 bits per heavy atom. The Labute approximate surface area is 127 Å². The third kappa shape index (κ3) is 5.73. The Morgan fingerprint density at radius 1 is 1.33 bits per heavy atom. The molecule has 4 N–H and O–H groups in total. The summed E-state index contributed by atoms with van der Waals surface area (Å²) in [6, 6.07) is 5.36. The fourth-order valence-corrected chi connectivity index (χ4v) is 1.97. The average Bonchev–Trinajstić information content (AvgIpc) is 2.42. The number of aromatic hydroxyl groups is 1. The standard InChI is InChI=1S/C16H27N3O2/c1-16(2,3)19(10-9-18-8-7-17)12-13-5-6-14(20)15(11-13)21-4/h5-6,11-12,18H,7-10,17H2,1-4H3/p+1. The molecule has 5 nitrogen and oxygen atoms in total. The highest BCUT2D eigenvalue weighted by Crippen LogP contribution is 2.25. The zero-order valence-electron chi connectivity index (χ0n) is 13.5. The predicted molar refractivity (Wildman–Crippen MR) is 86.6 cm³/mol. The number of phenolic OH excluding ortho intramolecular Hbond substituents is 1. The van der Waals surface area contributed by atoms with Gasteiger partial charge in [0.1, 0.15) is 0 Å². The Kier molecular flexibility index (Phi) is 6.65. The molecule has 0 amide bonds. The molecule has 0 atom stereocenters. The molecule has 0 unspecified atom stereocenters. The van der Waals surface area contributed by atoms with Gasteiger partial charge in [-0.25, -0.2) is 4.58 Å². The molecule has 0 aliphatic carbocycles. The maximum Gasteiger partial charge on any atom is 0.171 e. The van der Waals surface area contributed by atoms with Crippen LogP contribution >= 0.6 is 0 Å². The van der Waals surface area contributed by atoms with Crippen molar-refractivity contribution in [3.8, 4) is 11.5 Å². The van der Waals surface area contributed by atoms with Gasteiger partial charge in [0.15, 0.2) is 29.8 Å². The second-order valence-corrected chi connectivity index (χ2v) is 5.96. The molecule has 0 aliphatic rings. The van der Waals surface area contributed by atoms with Crippen LogP contribution in [0.5, 0.6) is 11.5 Å². The number of rotatable bonds is 7. The topological polar surface area (TPSA) is 70.5 Å². The van der Waals surface area contributed by atoms with E-state index in [0.29, 0.717) is 12.3 Å². The van der Waals surface area contributed by atoms with E-state index in [-0.39, 0.29) is 11.3 Å². The largest absolute Gasteiger partial charge is 0.504 e. The van der Waals surface area contributed by atoms with E-state index in [0.717, 1.165) is 25.2 Å². The number of nitrogens with zero attached hydrogens (tertiary/aromatic N) is 1. The normalized spacial score (nSPS) is 12.5. The van der Waals surface area contributed by atoms with Gasteiger partial charge < -0.3 is 20.9 Å². The molecule has 0 spiro atoms. The summed E-state index contributed by atoms with van der Waals surface area (Å²) in [5.74, 6) is 0.639. The maximum atomic E-state index is 9.66. The summed E-state index contributed by atoms with van der Waals surface area (Å²) >= 11 is 0. The average molecular weight is 294 g/mol. The lowest BCUT2D eigenvalue weighted by Crippen LogP contribution is -2.39. The molecular weight excluding hydrogens is 266 g/mol. The van der Waals surface area contributed by atoms with Crippen LogP contribution in [-0.4, -0.2) is 54.7 Å². The van der Waals surface area contributed by atoms with E-state index in [1.807, 2.05) is 12.1 Å². The highest BCUT2D eigenvalue weighted by atomic mass is 16.5. The lowest BCUT2D eigenvalue weighted by atomic mass is 10.1. The zero-order chi connectivity index (χ0) is 15.9. The molecular formula is C16H28N3O2+. The van der Waals surface area contributed by atoms with Gasteiger partial charge in [0.05, 0.1) is 13.7 Å². The van der Waals surface area contributed by atoms with E-state index in [4.69, 9.17) is 10.5 Å². The van der Waals surface area contributed by atoms with E-state index in [1.54, 1.807) is 13.2 Å². The van der Waals surface area contributed by atoms with Gasteiger partial charge in [-0.05, 0) is 39.0 Å². The van der Waals surface area contributed by atoms with Gasteiger partial charge in [0.25, 0.3) is 0 Å². The number of ether oxygens (including phenoxy) is 1. The molecule has 1 rings (SSSR count). The molecule has 0 bridgehead atoms. The first-order valence-corrected chi connectivity index (χ1v) is 7.28. The summed E-state index contributed by atoms with van der Waals surface area (Å²) in [5.41, 5.74) is 6.49. The van der Waals surface area contributed by atoms with Crippen molar-refractivity contribution in [1.29, 1.82) is 0 Å². The number of benzene rings is 1. The summed E-state index contributed by atoms with van der Waals surface area (Å²) in [7, 11) is 1.55. The second-order valence-electron chi connectivity index (χ2n) is 5.96. The van der Waals surface area contributed by atoms with Crippen molar-refractivity contribution < 1.29 is 14.4 Å². The van der Waals surface area contributed by atoms with E-state index in [2.05, 4.69) is 36.9 Å². The van der Waals surface area contributed by atoms with Gasteiger partial charge in [-0.3, -0.25) is 0 Å². The number of methoxy groups -OCH3 is 1.